The number of thiocarbonyl (C=S) groups is 1. The molecule has 2 aliphatic rings. The van der Waals surface area contributed by atoms with E-state index < -0.39 is 0 Å². The molecule has 2 amide bonds. The van der Waals surface area contributed by atoms with Crippen LogP contribution in [-0.4, -0.2) is 45.8 Å². The lowest BCUT2D eigenvalue weighted by Crippen LogP contribution is -2.35. The van der Waals surface area contributed by atoms with Gasteiger partial charge in [-0.3, -0.25) is 14.5 Å². The van der Waals surface area contributed by atoms with Crippen molar-refractivity contribution in [1.82, 2.24) is 9.80 Å². The van der Waals surface area contributed by atoms with Crippen LogP contribution in [0, 0.1) is 0 Å². The number of rotatable bonds is 7. The van der Waals surface area contributed by atoms with Gasteiger partial charge in [-0.1, -0.05) is 60.4 Å². The zero-order valence-corrected chi connectivity index (χ0v) is 18.7. The number of amides is 2. The van der Waals surface area contributed by atoms with Gasteiger partial charge in [0.15, 0.2) is 11.5 Å². The number of nitrogens with zero attached hydrogens (tertiary/aromatic N) is 2. The molecule has 0 spiro atoms. The Morgan fingerprint density at radius 3 is 2.74 bits per heavy atom. The number of hydrogen-bond acceptors (Lipinski definition) is 6. The highest BCUT2D eigenvalue weighted by Gasteiger charge is 2.32. The molecule has 4 rings (SSSR count). The Labute approximate surface area is 190 Å². The van der Waals surface area contributed by atoms with Crippen molar-refractivity contribution in [1.29, 1.82) is 0 Å². The summed E-state index contributed by atoms with van der Waals surface area (Å²) < 4.78 is 11.2. The zero-order chi connectivity index (χ0) is 21.8. The highest BCUT2D eigenvalue weighted by Crippen LogP contribution is 2.36. The van der Waals surface area contributed by atoms with Crippen molar-refractivity contribution >= 4 is 46.2 Å². The predicted molar refractivity (Wildman–Crippen MR) is 125 cm³/mol. The van der Waals surface area contributed by atoms with Crippen LogP contribution >= 0.6 is 24.0 Å². The van der Waals surface area contributed by atoms with E-state index in [9.17, 15) is 9.59 Å². The van der Waals surface area contributed by atoms with E-state index in [4.69, 9.17) is 21.7 Å². The third kappa shape index (κ3) is 4.91. The molecule has 1 fully saturated rings. The molecule has 0 saturated carbocycles. The first-order valence-corrected chi connectivity index (χ1v) is 11.2. The Morgan fingerprint density at radius 2 is 1.97 bits per heavy atom. The highest BCUT2D eigenvalue weighted by molar-refractivity contribution is 8.26. The summed E-state index contributed by atoms with van der Waals surface area (Å²) in [5.74, 6) is 1.18. The van der Waals surface area contributed by atoms with Crippen LogP contribution in [0.2, 0.25) is 0 Å². The molecule has 0 bridgehead atoms. The van der Waals surface area contributed by atoms with E-state index in [-0.39, 0.29) is 31.6 Å². The Morgan fingerprint density at radius 1 is 1.19 bits per heavy atom. The number of ether oxygens (including phenoxy) is 2. The molecule has 0 atom stereocenters. The smallest absolute Gasteiger partial charge is 0.266 e. The van der Waals surface area contributed by atoms with E-state index in [2.05, 4.69) is 0 Å². The molecule has 0 aromatic heterocycles. The van der Waals surface area contributed by atoms with Gasteiger partial charge < -0.3 is 14.4 Å². The third-order valence-electron chi connectivity index (χ3n) is 5.07. The van der Waals surface area contributed by atoms with E-state index in [0.29, 0.717) is 33.8 Å². The first-order valence-electron chi connectivity index (χ1n) is 10.0. The molecule has 31 heavy (non-hydrogen) atoms. The van der Waals surface area contributed by atoms with Crippen LogP contribution in [0.3, 0.4) is 0 Å². The predicted octanol–water partition coefficient (Wildman–Crippen LogP) is 4.06. The number of thioether (sulfide) groups is 1. The van der Waals surface area contributed by atoms with Crippen molar-refractivity contribution in [2.45, 2.75) is 19.9 Å². The summed E-state index contributed by atoms with van der Waals surface area (Å²) in [5, 5.41) is 0. The van der Waals surface area contributed by atoms with Gasteiger partial charge in [-0.25, -0.2) is 0 Å². The van der Waals surface area contributed by atoms with Gasteiger partial charge in [0.2, 0.25) is 12.7 Å². The topological polar surface area (TPSA) is 59.1 Å². The molecule has 6 nitrogen and oxygen atoms in total. The number of hydrogen-bond donors (Lipinski definition) is 0. The molecule has 160 valence electrons. The fraction of sp³-hybridized carbons (Fsp3) is 0.261. The normalized spacial score (nSPS) is 16.3. The average Bonchev–Trinajstić information content (AvgIpc) is 3.35. The second-order valence-corrected chi connectivity index (χ2v) is 8.77. The van der Waals surface area contributed by atoms with Crippen LogP contribution in [-0.2, 0) is 16.1 Å². The Kier molecular flexibility index (Phi) is 6.58. The second kappa shape index (κ2) is 9.53. The fourth-order valence-electron chi connectivity index (χ4n) is 3.39. The minimum absolute atomic E-state index is 0.000142. The number of carbonyl (C=O) groups is 2. The van der Waals surface area contributed by atoms with Crippen molar-refractivity contribution in [2.24, 2.45) is 0 Å². The minimum Gasteiger partial charge on any atom is -0.454 e. The lowest BCUT2D eigenvalue weighted by molar-refractivity contribution is -0.132. The van der Waals surface area contributed by atoms with Crippen molar-refractivity contribution in [3.8, 4) is 11.5 Å². The molecular weight excluding hydrogens is 432 g/mol. The van der Waals surface area contributed by atoms with E-state index >= 15 is 0 Å². The standard InChI is InChI=1S/C23H22N2O4S2/c1-2-24(14-16-6-4-3-5-7-16)21(26)10-11-25-22(27)20(31-23(25)30)13-17-8-9-18-19(12-17)29-15-28-18/h3-9,12-13H,2,10-11,14-15H2,1H3/b20-13-. The third-order valence-corrected chi connectivity index (χ3v) is 6.45. The molecule has 0 unspecified atom stereocenters. The van der Waals surface area contributed by atoms with Crippen LogP contribution in [0.15, 0.2) is 53.4 Å². The molecule has 2 heterocycles. The summed E-state index contributed by atoms with van der Waals surface area (Å²) in [6.45, 7) is 3.59. The fourth-order valence-corrected chi connectivity index (χ4v) is 4.70. The minimum atomic E-state index is -0.174. The monoisotopic (exact) mass is 454 g/mol. The lowest BCUT2D eigenvalue weighted by Gasteiger charge is -2.22. The van der Waals surface area contributed by atoms with Crippen LogP contribution in [0.5, 0.6) is 11.5 Å². The first-order chi connectivity index (χ1) is 15.0. The summed E-state index contributed by atoms with van der Waals surface area (Å²) in [4.78, 5) is 29.4. The SMILES string of the molecule is CCN(Cc1ccccc1)C(=O)CCN1C(=O)/C(=C/c2ccc3c(c2)OCO3)SC1=S. The summed E-state index contributed by atoms with van der Waals surface area (Å²) in [5.41, 5.74) is 1.91. The Bertz CT molecular complexity index is 1040. The van der Waals surface area contributed by atoms with Gasteiger partial charge in [-0.05, 0) is 36.3 Å². The van der Waals surface area contributed by atoms with E-state index in [1.54, 1.807) is 11.0 Å². The van der Waals surface area contributed by atoms with Gasteiger partial charge in [0.05, 0.1) is 4.91 Å². The van der Waals surface area contributed by atoms with Crippen molar-refractivity contribution < 1.29 is 19.1 Å². The van der Waals surface area contributed by atoms with Gasteiger partial charge in [-0.15, -0.1) is 0 Å². The largest absolute Gasteiger partial charge is 0.454 e. The van der Waals surface area contributed by atoms with E-state index in [1.807, 2.05) is 55.5 Å². The maximum Gasteiger partial charge on any atom is 0.266 e. The van der Waals surface area contributed by atoms with E-state index in [0.717, 1.165) is 11.1 Å². The summed E-state index contributed by atoms with van der Waals surface area (Å²) in [6.07, 6.45) is 2.02. The first kappa shape index (κ1) is 21.4. The van der Waals surface area contributed by atoms with Gasteiger partial charge in [0, 0.05) is 26.1 Å². The van der Waals surface area contributed by atoms with Crippen molar-refractivity contribution in [3.05, 3.63) is 64.6 Å². The quantitative estimate of drug-likeness (QED) is 0.465. The molecule has 1 saturated heterocycles. The van der Waals surface area contributed by atoms with Gasteiger partial charge >= 0.3 is 0 Å². The Balaban J connectivity index is 1.38. The van der Waals surface area contributed by atoms with Gasteiger partial charge in [0.25, 0.3) is 5.91 Å². The molecule has 0 radical (unpaired) electrons. The van der Waals surface area contributed by atoms with Gasteiger partial charge in [0.1, 0.15) is 4.32 Å². The van der Waals surface area contributed by atoms with Crippen molar-refractivity contribution in [3.63, 3.8) is 0 Å². The average molecular weight is 455 g/mol. The van der Waals surface area contributed by atoms with Crippen molar-refractivity contribution in [2.75, 3.05) is 19.9 Å². The Hall–Kier alpha value is -2.84. The molecule has 2 aliphatic heterocycles. The van der Waals surface area contributed by atoms with Crippen LogP contribution in [0.4, 0.5) is 0 Å². The summed E-state index contributed by atoms with van der Waals surface area (Å²) in [6, 6.07) is 15.4. The number of fused-ring (bicyclic) bond motifs is 1. The molecular formula is C23H22N2O4S2. The maximum atomic E-state index is 12.9. The van der Waals surface area contributed by atoms with Crippen LogP contribution < -0.4 is 9.47 Å². The molecule has 2 aromatic rings. The molecule has 0 aliphatic carbocycles. The summed E-state index contributed by atoms with van der Waals surface area (Å²) in [7, 11) is 0. The molecule has 8 heteroatoms. The lowest BCUT2D eigenvalue weighted by atomic mass is 10.2. The van der Waals surface area contributed by atoms with Gasteiger partial charge in [-0.2, -0.15) is 0 Å². The molecule has 0 N–H and O–H groups in total. The maximum absolute atomic E-state index is 12.9. The number of benzene rings is 2. The highest BCUT2D eigenvalue weighted by atomic mass is 32.2. The van der Waals surface area contributed by atoms with Crippen LogP contribution in [0.1, 0.15) is 24.5 Å². The van der Waals surface area contributed by atoms with Crippen LogP contribution in [0.25, 0.3) is 6.08 Å². The van der Waals surface area contributed by atoms with E-state index in [1.165, 1.54) is 16.7 Å². The number of carbonyl (C=O) groups excluding carboxylic acids is 2. The second-order valence-electron chi connectivity index (χ2n) is 7.09. The summed E-state index contributed by atoms with van der Waals surface area (Å²) >= 11 is 6.65. The molecule has 2 aromatic carbocycles. The zero-order valence-electron chi connectivity index (χ0n) is 17.1.